The van der Waals surface area contributed by atoms with Crippen LogP contribution in [0.25, 0.3) is 10.9 Å². The van der Waals surface area contributed by atoms with E-state index >= 15 is 0 Å². The molecule has 0 atom stereocenters. The molecule has 0 N–H and O–H groups in total. The Morgan fingerprint density at radius 1 is 1.10 bits per heavy atom. The van der Waals surface area contributed by atoms with Gasteiger partial charge in [-0.15, -0.1) is 0 Å². The first kappa shape index (κ1) is 13.2. The van der Waals surface area contributed by atoms with Gasteiger partial charge in [-0.3, -0.25) is 10.1 Å². The highest BCUT2D eigenvalue weighted by Crippen LogP contribution is 2.22. The zero-order chi connectivity index (χ0) is 14.7. The third-order valence-corrected chi connectivity index (χ3v) is 3.31. The van der Waals surface area contributed by atoms with Crippen LogP contribution in [0.5, 0.6) is 5.75 Å². The lowest BCUT2D eigenvalue weighted by Crippen LogP contribution is -2.07. The summed E-state index contributed by atoms with van der Waals surface area (Å²) in [5, 5.41) is 11.8. The minimum atomic E-state index is -0.378. The molecule has 0 aliphatic heterocycles. The van der Waals surface area contributed by atoms with Crippen LogP contribution in [-0.2, 0) is 6.54 Å². The van der Waals surface area contributed by atoms with E-state index in [9.17, 15) is 10.1 Å². The van der Waals surface area contributed by atoms with Crippen LogP contribution in [0, 0.1) is 10.1 Å². The summed E-state index contributed by atoms with van der Waals surface area (Å²) in [6.45, 7) is 1.15. The minimum absolute atomic E-state index is 0.103. The summed E-state index contributed by atoms with van der Waals surface area (Å²) in [4.78, 5) is 10.5. The van der Waals surface area contributed by atoms with Crippen LogP contribution >= 0.6 is 0 Å². The standard InChI is InChI=1S/C16H14N2O3/c19-18(20)14-7-6-13-8-9-17(16(13)12-14)10-11-21-15-4-2-1-3-5-15/h1-9,12H,10-11H2. The van der Waals surface area contributed by atoms with E-state index in [1.807, 2.05) is 47.2 Å². The fraction of sp³-hybridized carbons (Fsp3) is 0.125. The normalized spacial score (nSPS) is 10.7. The van der Waals surface area contributed by atoms with Crippen molar-refractivity contribution in [2.24, 2.45) is 0 Å². The number of nitrogens with zero attached hydrogens (tertiary/aromatic N) is 2. The summed E-state index contributed by atoms with van der Waals surface area (Å²) in [6.07, 6.45) is 1.92. The van der Waals surface area contributed by atoms with Crippen molar-refractivity contribution in [3.63, 3.8) is 0 Å². The Labute approximate surface area is 121 Å². The molecule has 3 aromatic rings. The van der Waals surface area contributed by atoms with Gasteiger partial charge in [-0.2, -0.15) is 0 Å². The second-order valence-corrected chi connectivity index (χ2v) is 4.67. The van der Waals surface area contributed by atoms with Crippen LogP contribution in [-0.4, -0.2) is 16.1 Å². The molecule has 0 aliphatic carbocycles. The molecule has 0 amide bonds. The van der Waals surface area contributed by atoms with Gasteiger partial charge in [0.1, 0.15) is 12.4 Å². The van der Waals surface area contributed by atoms with Gasteiger partial charge in [0, 0.05) is 23.7 Å². The average Bonchev–Trinajstić information content (AvgIpc) is 2.91. The summed E-state index contributed by atoms with van der Waals surface area (Å²) in [5.74, 6) is 0.819. The summed E-state index contributed by atoms with van der Waals surface area (Å²) >= 11 is 0. The summed E-state index contributed by atoms with van der Waals surface area (Å²) in [5.41, 5.74) is 0.951. The Kier molecular flexibility index (Phi) is 3.55. The van der Waals surface area contributed by atoms with Crippen molar-refractivity contribution in [1.82, 2.24) is 4.57 Å². The van der Waals surface area contributed by atoms with Gasteiger partial charge in [-0.05, 0) is 24.3 Å². The SMILES string of the molecule is O=[N+]([O-])c1ccc2ccn(CCOc3ccccc3)c2c1. The zero-order valence-electron chi connectivity index (χ0n) is 11.3. The highest BCUT2D eigenvalue weighted by atomic mass is 16.6. The van der Waals surface area contributed by atoms with Gasteiger partial charge in [0.15, 0.2) is 0 Å². The Morgan fingerprint density at radius 2 is 1.90 bits per heavy atom. The summed E-state index contributed by atoms with van der Waals surface area (Å²) < 4.78 is 7.61. The number of nitro groups is 1. The molecule has 0 spiro atoms. The lowest BCUT2D eigenvalue weighted by atomic mass is 10.2. The number of aromatic nitrogens is 1. The number of non-ortho nitro benzene ring substituents is 1. The van der Waals surface area contributed by atoms with E-state index in [2.05, 4.69) is 0 Å². The van der Waals surface area contributed by atoms with Gasteiger partial charge in [0.2, 0.25) is 0 Å². The van der Waals surface area contributed by atoms with E-state index in [4.69, 9.17) is 4.74 Å². The topological polar surface area (TPSA) is 57.3 Å². The van der Waals surface area contributed by atoms with Crippen molar-refractivity contribution in [2.45, 2.75) is 6.54 Å². The molecule has 1 heterocycles. The van der Waals surface area contributed by atoms with Crippen molar-refractivity contribution in [3.8, 4) is 5.75 Å². The highest BCUT2D eigenvalue weighted by Gasteiger charge is 2.09. The fourth-order valence-electron chi connectivity index (χ4n) is 2.26. The second-order valence-electron chi connectivity index (χ2n) is 4.67. The smallest absolute Gasteiger partial charge is 0.271 e. The molecule has 0 fully saturated rings. The van der Waals surface area contributed by atoms with Gasteiger partial charge in [0.25, 0.3) is 5.69 Å². The van der Waals surface area contributed by atoms with Crippen molar-refractivity contribution >= 4 is 16.6 Å². The largest absolute Gasteiger partial charge is 0.492 e. The Morgan fingerprint density at radius 3 is 2.67 bits per heavy atom. The number of fused-ring (bicyclic) bond motifs is 1. The number of hydrogen-bond acceptors (Lipinski definition) is 3. The molecule has 106 valence electrons. The molecule has 5 nitrogen and oxygen atoms in total. The van der Waals surface area contributed by atoms with Crippen LogP contribution in [0.1, 0.15) is 0 Å². The molecule has 5 heteroatoms. The molecule has 1 aromatic heterocycles. The highest BCUT2D eigenvalue weighted by molar-refractivity contribution is 5.82. The Hall–Kier alpha value is -2.82. The number of para-hydroxylation sites is 1. The quantitative estimate of drug-likeness (QED) is 0.530. The van der Waals surface area contributed by atoms with Crippen LogP contribution in [0.3, 0.4) is 0 Å². The summed E-state index contributed by atoms with van der Waals surface area (Å²) in [7, 11) is 0. The van der Waals surface area contributed by atoms with Crippen molar-refractivity contribution in [3.05, 3.63) is 70.9 Å². The first-order valence-corrected chi connectivity index (χ1v) is 6.65. The van der Waals surface area contributed by atoms with Gasteiger partial charge < -0.3 is 9.30 Å². The van der Waals surface area contributed by atoms with Crippen molar-refractivity contribution < 1.29 is 9.66 Å². The maximum absolute atomic E-state index is 10.8. The Bertz CT molecular complexity index is 766. The number of rotatable bonds is 5. The van der Waals surface area contributed by atoms with Crippen LogP contribution < -0.4 is 4.74 Å². The van der Waals surface area contributed by atoms with Gasteiger partial charge in [-0.25, -0.2) is 0 Å². The molecule has 21 heavy (non-hydrogen) atoms. The van der Waals surface area contributed by atoms with Crippen molar-refractivity contribution in [2.75, 3.05) is 6.61 Å². The molecule has 0 unspecified atom stereocenters. The maximum Gasteiger partial charge on any atom is 0.271 e. The molecular weight excluding hydrogens is 268 g/mol. The van der Waals surface area contributed by atoms with E-state index in [0.29, 0.717) is 13.2 Å². The lowest BCUT2D eigenvalue weighted by molar-refractivity contribution is -0.384. The van der Waals surface area contributed by atoms with E-state index in [1.165, 1.54) is 6.07 Å². The fourth-order valence-corrected chi connectivity index (χ4v) is 2.26. The molecule has 0 bridgehead atoms. The maximum atomic E-state index is 10.8. The first-order valence-electron chi connectivity index (χ1n) is 6.65. The van der Waals surface area contributed by atoms with Gasteiger partial charge in [-0.1, -0.05) is 18.2 Å². The molecule has 2 aromatic carbocycles. The van der Waals surface area contributed by atoms with E-state index < -0.39 is 0 Å². The number of benzene rings is 2. The average molecular weight is 282 g/mol. The molecule has 0 saturated heterocycles. The second kappa shape index (κ2) is 5.66. The van der Waals surface area contributed by atoms with Gasteiger partial charge in [0.05, 0.1) is 17.0 Å². The lowest BCUT2D eigenvalue weighted by Gasteiger charge is -2.08. The van der Waals surface area contributed by atoms with E-state index in [0.717, 1.165) is 16.7 Å². The van der Waals surface area contributed by atoms with E-state index in [1.54, 1.807) is 12.1 Å². The molecular formula is C16H14N2O3. The predicted octanol–water partition coefficient (Wildman–Crippen LogP) is 3.63. The third kappa shape index (κ3) is 2.86. The molecule has 0 saturated carbocycles. The first-order chi connectivity index (χ1) is 10.2. The monoisotopic (exact) mass is 282 g/mol. The summed E-state index contributed by atoms with van der Waals surface area (Å²) in [6, 6.07) is 16.4. The zero-order valence-corrected chi connectivity index (χ0v) is 11.3. The number of nitro benzene ring substituents is 1. The number of hydrogen-bond donors (Lipinski definition) is 0. The molecule has 0 aliphatic rings. The molecule has 3 rings (SSSR count). The Balaban J connectivity index is 1.74. The van der Waals surface area contributed by atoms with Crippen LogP contribution in [0.15, 0.2) is 60.8 Å². The predicted molar refractivity (Wildman–Crippen MR) is 80.5 cm³/mol. The molecule has 0 radical (unpaired) electrons. The van der Waals surface area contributed by atoms with Crippen molar-refractivity contribution in [1.29, 1.82) is 0 Å². The van der Waals surface area contributed by atoms with E-state index in [-0.39, 0.29) is 10.6 Å². The van der Waals surface area contributed by atoms with Gasteiger partial charge >= 0.3 is 0 Å². The number of ether oxygens (including phenoxy) is 1. The van der Waals surface area contributed by atoms with Crippen LogP contribution in [0.4, 0.5) is 5.69 Å². The minimum Gasteiger partial charge on any atom is -0.492 e. The van der Waals surface area contributed by atoms with Crippen LogP contribution in [0.2, 0.25) is 0 Å². The third-order valence-electron chi connectivity index (χ3n) is 3.31.